The van der Waals surface area contributed by atoms with Gasteiger partial charge in [0.2, 0.25) is 11.8 Å². The third-order valence-corrected chi connectivity index (χ3v) is 9.35. The van der Waals surface area contributed by atoms with Gasteiger partial charge < -0.3 is 34.9 Å². The first-order valence-corrected chi connectivity index (χ1v) is 18.7. The van der Waals surface area contributed by atoms with E-state index in [1.165, 1.54) is 66.2 Å². The predicted octanol–water partition coefficient (Wildman–Crippen LogP) is 5.95. The van der Waals surface area contributed by atoms with Gasteiger partial charge in [0.05, 0.1) is 19.5 Å². The van der Waals surface area contributed by atoms with Gasteiger partial charge in [-0.1, -0.05) is 36.4 Å². The van der Waals surface area contributed by atoms with Crippen LogP contribution < -0.4 is 16.0 Å². The summed E-state index contributed by atoms with van der Waals surface area (Å²) in [4.78, 5) is 72.8. The van der Waals surface area contributed by atoms with Gasteiger partial charge in [0, 0.05) is 30.8 Å². The Morgan fingerprint density at radius 3 is 2.19 bits per heavy atom. The smallest absolute Gasteiger partial charge is 0.408 e. The molecule has 1 fully saturated rings. The van der Waals surface area contributed by atoms with Crippen LogP contribution in [0.15, 0.2) is 85.3 Å². The fourth-order valence-corrected chi connectivity index (χ4v) is 6.27. The van der Waals surface area contributed by atoms with Crippen LogP contribution in [0.4, 0.5) is 23.8 Å². The Hall–Kier alpha value is -6.03. The molecule has 0 aliphatic carbocycles. The number of imidazole rings is 1. The average Bonchev–Trinajstić information content (AvgIpc) is 3.62. The van der Waals surface area contributed by atoms with Crippen LogP contribution in [0, 0.1) is 23.4 Å². The number of piperidine rings is 1. The molecule has 4 amide bonds. The van der Waals surface area contributed by atoms with Gasteiger partial charge in [-0.05, 0) is 95.0 Å². The molecule has 5 rings (SSSR count). The standard InChI is InChI=1S/C42H47F3N6O7/c1-41(2,3)58-40(56)49-42(4,5)39(55)47-33(24-57-23-26-9-7-6-8-10-26)37(53)48-34-22-51(25-46-34)35(29-13-16-31(44)32(45)21-29)38(54)50-19-17-28(18-20-50)36(52)27-11-14-30(43)15-12-27/h6-16,21-22,25,28,33,35H,17-20,23-24H2,1-5H3,(H,47,55)(H,48,53)(H,49,56)/t33-,35?/m1/s1. The minimum atomic E-state index is -1.53. The predicted molar refractivity (Wildman–Crippen MR) is 207 cm³/mol. The number of benzene rings is 3. The molecule has 1 saturated heterocycles. The molecule has 3 aromatic carbocycles. The SMILES string of the molecule is CC(C)(C)OC(=O)NC(C)(C)C(=O)N[C@H](COCc1ccccc1)C(=O)Nc1cn(C(C(=O)N2CCC(C(=O)c3ccc(F)cc3)CC2)c2ccc(F)c(F)c2)cn1. The van der Waals surface area contributed by atoms with Gasteiger partial charge in [-0.15, -0.1) is 0 Å². The Kier molecular flexibility index (Phi) is 13.7. The monoisotopic (exact) mass is 804 g/mol. The molecule has 16 heteroatoms. The van der Waals surface area contributed by atoms with Gasteiger partial charge in [-0.3, -0.25) is 19.2 Å². The van der Waals surface area contributed by atoms with Crippen LogP contribution in [0.3, 0.4) is 0 Å². The first-order chi connectivity index (χ1) is 27.4. The molecule has 58 heavy (non-hydrogen) atoms. The molecule has 2 atom stereocenters. The molecule has 0 spiro atoms. The maximum Gasteiger partial charge on any atom is 0.408 e. The maximum atomic E-state index is 14.6. The van der Waals surface area contributed by atoms with Crippen LogP contribution in [0.25, 0.3) is 0 Å². The largest absolute Gasteiger partial charge is 0.444 e. The number of carbonyl (C=O) groups excluding carboxylic acids is 5. The molecule has 0 radical (unpaired) electrons. The number of ketones is 1. The molecular weight excluding hydrogens is 757 g/mol. The highest BCUT2D eigenvalue weighted by atomic mass is 19.2. The maximum absolute atomic E-state index is 14.6. The van der Waals surface area contributed by atoms with Crippen LogP contribution in [0.2, 0.25) is 0 Å². The van der Waals surface area contributed by atoms with E-state index >= 15 is 0 Å². The van der Waals surface area contributed by atoms with Crippen LogP contribution in [-0.2, 0) is 30.5 Å². The van der Waals surface area contributed by atoms with Gasteiger partial charge in [0.1, 0.15) is 29.0 Å². The van der Waals surface area contributed by atoms with E-state index in [1.807, 2.05) is 30.3 Å². The highest BCUT2D eigenvalue weighted by Gasteiger charge is 2.36. The number of alkyl carbamates (subject to hydrolysis) is 1. The zero-order chi connectivity index (χ0) is 42.2. The van der Waals surface area contributed by atoms with E-state index in [0.29, 0.717) is 18.4 Å². The number of amides is 4. The minimum Gasteiger partial charge on any atom is -0.444 e. The summed E-state index contributed by atoms with van der Waals surface area (Å²) < 4.78 is 54.5. The zero-order valence-corrected chi connectivity index (χ0v) is 32.9. The molecular formula is C42H47F3N6O7. The van der Waals surface area contributed by atoms with E-state index in [-0.39, 0.29) is 43.5 Å². The summed E-state index contributed by atoms with van der Waals surface area (Å²) in [6.07, 6.45) is 2.39. The second-order valence-electron chi connectivity index (χ2n) is 15.5. The number of anilines is 1. The van der Waals surface area contributed by atoms with Crippen LogP contribution in [-0.4, -0.2) is 80.9 Å². The number of halogens is 3. The fourth-order valence-electron chi connectivity index (χ4n) is 6.27. The molecule has 2 heterocycles. The number of ether oxygens (including phenoxy) is 2. The summed E-state index contributed by atoms with van der Waals surface area (Å²) in [5, 5.41) is 7.75. The summed E-state index contributed by atoms with van der Waals surface area (Å²) in [7, 11) is 0. The number of rotatable bonds is 14. The summed E-state index contributed by atoms with van der Waals surface area (Å²) in [5.74, 6) is -5.32. The number of Topliss-reactive ketones (excluding diaryl/α,β-unsaturated/α-hetero) is 1. The van der Waals surface area contributed by atoms with Crippen LogP contribution in [0.5, 0.6) is 0 Å². The third-order valence-electron chi connectivity index (χ3n) is 9.35. The van der Waals surface area contributed by atoms with Crippen molar-refractivity contribution in [3.05, 3.63) is 119 Å². The van der Waals surface area contributed by atoms with E-state index in [2.05, 4.69) is 20.9 Å². The van der Waals surface area contributed by atoms with E-state index in [9.17, 15) is 37.1 Å². The van der Waals surface area contributed by atoms with E-state index in [1.54, 1.807) is 20.8 Å². The first kappa shape index (κ1) is 43.1. The number of carbonyl (C=O) groups is 5. The lowest BCUT2D eigenvalue weighted by Gasteiger charge is -2.34. The second-order valence-corrected chi connectivity index (χ2v) is 15.5. The summed E-state index contributed by atoms with van der Waals surface area (Å²) in [6.45, 7) is 8.08. The number of likely N-dealkylation sites (tertiary alicyclic amines) is 1. The summed E-state index contributed by atoms with van der Waals surface area (Å²) in [5.41, 5.74) is -1.07. The number of nitrogens with zero attached hydrogens (tertiary/aromatic N) is 3. The number of aromatic nitrogens is 2. The Balaban J connectivity index is 1.32. The van der Waals surface area contributed by atoms with Gasteiger partial charge in [0.25, 0.3) is 5.91 Å². The lowest BCUT2D eigenvalue weighted by atomic mass is 9.88. The lowest BCUT2D eigenvalue weighted by Crippen LogP contribution is -2.59. The van der Waals surface area contributed by atoms with Crippen molar-refractivity contribution in [1.29, 1.82) is 0 Å². The van der Waals surface area contributed by atoms with Crippen LogP contribution in [0.1, 0.15) is 75.0 Å². The fraction of sp³-hybridized carbons (Fsp3) is 0.381. The second kappa shape index (κ2) is 18.5. The van der Waals surface area contributed by atoms with Gasteiger partial charge in [-0.2, -0.15) is 0 Å². The van der Waals surface area contributed by atoms with E-state index in [0.717, 1.165) is 17.7 Å². The number of hydrogen-bond acceptors (Lipinski definition) is 8. The van der Waals surface area contributed by atoms with Crippen LogP contribution >= 0.6 is 0 Å². The molecule has 3 N–H and O–H groups in total. The highest BCUT2D eigenvalue weighted by molar-refractivity contribution is 5.99. The van der Waals surface area contributed by atoms with Crippen molar-refractivity contribution in [2.75, 3.05) is 25.0 Å². The lowest BCUT2D eigenvalue weighted by molar-refractivity contribution is -0.134. The molecule has 1 unspecified atom stereocenters. The Labute approximate surface area is 334 Å². The van der Waals surface area contributed by atoms with Crippen molar-refractivity contribution in [2.45, 2.75) is 77.3 Å². The van der Waals surface area contributed by atoms with Gasteiger partial charge in [0.15, 0.2) is 23.2 Å². The van der Waals surface area contributed by atoms with Crippen molar-refractivity contribution in [1.82, 2.24) is 25.1 Å². The number of hydrogen-bond donors (Lipinski definition) is 3. The molecule has 1 aliphatic rings. The van der Waals surface area contributed by atoms with Gasteiger partial charge in [-0.25, -0.2) is 22.9 Å². The summed E-state index contributed by atoms with van der Waals surface area (Å²) in [6, 6.07) is 14.9. The number of nitrogens with one attached hydrogen (secondary N) is 3. The Bertz CT molecular complexity index is 2100. The molecule has 13 nitrogen and oxygen atoms in total. The van der Waals surface area contributed by atoms with E-state index < -0.39 is 70.4 Å². The molecule has 0 bridgehead atoms. The topological polar surface area (TPSA) is 161 Å². The quantitative estimate of drug-likeness (QED) is 0.132. The normalized spacial score (nSPS) is 14.6. The van der Waals surface area contributed by atoms with Gasteiger partial charge >= 0.3 is 6.09 Å². The van der Waals surface area contributed by atoms with E-state index in [4.69, 9.17) is 9.47 Å². The minimum absolute atomic E-state index is 0.0394. The average molecular weight is 805 g/mol. The molecule has 1 aromatic heterocycles. The summed E-state index contributed by atoms with van der Waals surface area (Å²) >= 11 is 0. The zero-order valence-electron chi connectivity index (χ0n) is 32.9. The van der Waals surface area contributed by atoms with Crippen molar-refractivity contribution in [2.24, 2.45) is 5.92 Å². The third kappa shape index (κ3) is 11.5. The Morgan fingerprint density at radius 1 is 0.879 bits per heavy atom. The highest BCUT2D eigenvalue weighted by Crippen LogP contribution is 2.28. The van der Waals surface area contributed by atoms with Crippen molar-refractivity contribution >= 4 is 35.4 Å². The Morgan fingerprint density at radius 2 is 1.55 bits per heavy atom. The molecule has 0 saturated carbocycles. The first-order valence-electron chi connectivity index (χ1n) is 18.7. The van der Waals surface area contributed by atoms with Crippen molar-refractivity contribution < 1.29 is 46.6 Å². The molecule has 4 aromatic rings. The van der Waals surface area contributed by atoms with Crippen molar-refractivity contribution in [3.8, 4) is 0 Å². The molecule has 1 aliphatic heterocycles. The van der Waals surface area contributed by atoms with Crippen molar-refractivity contribution in [3.63, 3.8) is 0 Å². The molecule has 308 valence electrons.